The van der Waals surface area contributed by atoms with Crippen molar-refractivity contribution < 1.29 is 33.8 Å². The molecule has 1 heterocycles. The molecule has 3 aromatic carbocycles. The van der Waals surface area contributed by atoms with Crippen LogP contribution in [0.2, 0.25) is 0 Å². The molecule has 4 N–H and O–H groups in total. The van der Waals surface area contributed by atoms with Gasteiger partial charge in [-0.25, -0.2) is 9.59 Å². The molecular formula is C36H45N5O7S. The Bertz CT molecular complexity index is 1590. The molecule has 4 amide bonds. The minimum atomic E-state index is -1.09. The SMILES string of the molecule is CSCCC(NC(=O)CN(Cc1cccc2ccccc12)C[C@@H]1CCCN1C(=O)C(CNC(=O)OCc1ccccc1)NC(C)=O)C(=O)O. The van der Waals surface area contributed by atoms with Crippen LogP contribution in [0.1, 0.15) is 37.3 Å². The molecule has 2 unspecified atom stereocenters. The minimum Gasteiger partial charge on any atom is -0.480 e. The van der Waals surface area contributed by atoms with Crippen molar-refractivity contribution in [1.82, 2.24) is 25.8 Å². The van der Waals surface area contributed by atoms with Crippen molar-refractivity contribution in [3.05, 3.63) is 83.9 Å². The first-order valence-corrected chi connectivity index (χ1v) is 17.8. The second kappa shape index (κ2) is 18.8. The third-order valence-electron chi connectivity index (χ3n) is 8.35. The number of aliphatic carboxylic acids is 1. The lowest BCUT2D eigenvalue weighted by molar-refractivity contribution is -0.142. The van der Waals surface area contributed by atoms with Crippen LogP contribution in [0.3, 0.4) is 0 Å². The van der Waals surface area contributed by atoms with Gasteiger partial charge in [-0.2, -0.15) is 11.8 Å². The highest BCUT2D eigenvalue weighted by molar-refractivity contribution is 7.98. The molecule has 1 aliphatic heterocycles. The molecule has 13 heteroatoms. The van der Waals surface area contributed by atoms with Crippen molar-refractivity contribution in [3.8, 4) is 0 Å². The lowest BCUT2D eigenvalue weighted by Gasteiger charge is -2.33. The number of thioether (sulfide) groups is 1. The van der Waals surface area contributed by atoms with Crippen LogP contribution in [0.5, 0.6) is 0 Å². The third-order valence-corrected chi connectivity index (χ3v) is 9.00. The molecule has 1 fully saturated rings. The lowest BCUT2D eigenvalue weighted by atomic mass is 10.0. The van der Waals surface area contributed by atoms with E-state index in [1.807, 2.05) is 84.0 Å². The van der Waals surface area contributed by atoms with Crippen LogP contribution >= 0.6 is 11.8 Å². The Balaban J connectivity index is 1.48. The Morgan fingerprint density at radius 2 is 1.71 bits per heavy atom. The van der Waals surface area contributed by atoms with E-state index in [1.54, 1.807) is 4.90 Å². The number of amides is 4. The number of nitrogens with one attached hydrogen (secondary N) is 3. The van der Waals surface area contributed by atoms with Gasteiger partial charge in [0, 0.05) is 32.6 Å². The predicted octanol–water partition coefficient (Wildman–Crippen LogP) is 3.39. The van der Waals surface area contributed by atoms with Crippen molar-refractivity contribution in [1.29, 1.82) is 0 Å². The van der Waals surface area contributed by atoms with Crippen LogP contribution in [-0.2, 0) is 37.1 Å². The fourth-order valence-corrected chi connectivity index (χ4v) is 6.48. The maximum absolute atomic E-state index is 13.9. The van der Waals surface area contributed by atoms with Crippen molar-refractivity contribution >= 4 is 52.3 Å². The number of ether oxygens (including phenoxy) is 1. The van der Waals surface area contributed by atoms with E-state index in [1.165, 1.54) is 18.7 Å². The molecule has 0 aromatic heterocycles. The number of carboxylic acids is 1. The lowest BCUT2D eigenvalue weighted by Crippen LogP contribution is -2.56. The number of alkyl carbamates (subject to hydrolysis) is 1. The molecule has 262 valence electrons. The molecule has 0 aliphatic carbocycles. The zero-order valence-corrected chi connectivity index (χ0v) is 28.7. The van der Waals surface area contributed by atoms with Crippen molar-refractivity contribution in [3.63, 3.8) is 0 Å². The second-order valence-corrected chi connectivity index (χ2v) is 13.1. The number of carbonyl (C=O) groups excluding carboxylic acids is 4. The van der Waals surface area contributed by atoms with Crippen molar-refractivity contribution in [2.45, 2.75) is 57.5 Å². The number of nitrogens with zero attached hydrogens (tertiary/aromatic N) is 2. The molecule has 1 saturated heterocycles. The molecule has 0 bridgehead atoms. The summed E-state index contributed by atoms with van der Waals surface area (Å²) in [4.78, 5) is 67.2. The van der Waals surface area contributed by atoms with E-state index in [2.05, 4.69) is 16.0 Å². The maximum atomic E-state index is 13.9. The number of carboxylic acid groups (broad SMARTS) is 1. The molecule has 3 atom stereocenters. The largest absolute Gasteiger partial charge is 0.480 e. The fourth-order valence-electron chi connectivity index (χ4n) is 6.01. The number of hydrogen-bond donors (Lipinski definition) is 4. The molecular weight excluding hydrogens is 646 g/mol. The summed E-state index contributed by atoms with van der Waals surface area (Å²) in [5, 5.41) is 19.7. The first-order chi connectivity index (χ1) is 23.6. The minimum absolute atomic E-state index is 0.0600. The van der Waals surface area contributed by atoms with E-state index in [-0.39, 0.29) is 31.6 Å². The molecule has 12 nitrogen and oxygen atoms in total. The average Bonchev–Trinajstić information content (AvgIpc) is 3.55. The number of benzene rings is 3. The molecule has 0 radical (unpaired) electrons. The Morgan fingerprint density at radius 3 is 2.45 bits per heavy atom. The van der Waals surface area contributed by atoms with Gasteiger partial charge in [0.05, 0.1) is 13.1 Å². The quantitative estimate of drug-likeness (QED) is 0.167. The highest BCUT2D eigenvalue weighted by atomic mass is 32.2. The van der Waals surface area contributed by atoms with Crippen LogP contribution in [0.4, 0.5) is 4.79 Å². The monoisotopic (exact) mass is 691 g/mol. The highest BCUT2D eigenvalue weighted by Crippen LogP contribution is 2.23. The number of hydrogen-bond acceptors (Lipinski definition) is 8. The fraction of sp³-hybridized carbons (Fsp3) is 0.417. The molecule has 1 aliphatic rings. The highest BCUT2D eigenvalue weighted by Gasteiger charge is 2.35. The number of likely N-dealkylation sites (tertiary alicyclic amines) is 1. The van der Waals surface area contributed by atoms with Crippen molar-refractivity contribution in [2.24, 2.45) is 0 Å². The standard InChI is InChI=1S/C36H45N5O7S/c1-25(42)38-32(20-37-36(47)48-24-26-10-4-3-5-11-26)34(44)41-18-9-15-29(41)22-40(23-33(43)39-31(35(45)46)17-19-49-2)21-28-14-8-13-27-12-6-7-16-30(27)28/h3-8,10-14,16,29,31-32H,9,15,17-24H2,1-2H3,(H,37,47)(H,38,42)(H,39,43)(H,45,46)/t29-,31?,32?/m0/s1. The molecule has 0 spiro atoms. The molecule has 49 heavy (non-hydrogen) atoms. The number of carbonyl (C=O) groups is 5. The Kier molecular flexibility index (Phi) is 14.3. The van der Waals surface area contributed by atoms with E-state index >= 15 is 0 Å². The molecule has 3 aromatic rings. The zero-order chi connectivity index (χ0) is 35.2. The van der Waals surface area contributed by atoms with Gasteiger partial charge in [0.15, 0.2) is 0 Å². The van der Waals surface area contributed by atoms with Gasteiger partial charge in [-0.15, -0.1) is 0 Å². The summed E-state index contributed by atoms with van der Waals surface area (Å²) in [5.41, 5.74) is 1.81. The van der Waals surface area contributed by atoms with E-state index in [0.717, 1.165) is 28.3 Å². The molecule has 0 saturated carbocycles. The van der Waals surface area contributed by atoms with Crippen molar-refractivity contribution in [2.75, 3.05) is 38.2 Å². The van der Waals surface area contributed by atoms with Gasteiger partial charge in [0.1, 0.15) is 18.7 Å². The van der Waals surface area contributed by atoms with Crippen LogP contribution in [-0.4, -0.2) is 101 Å². The summed E-state index contributed by atoms with van der Waals surface area (Å²) in [6.45, 7) is 2.30. The van der Waals surface area contributed by atoms with E-state index in [9.17, 15) is 29.1 Å². The summed E-state index contributed by atoms with van der Waals surface area (Å²) < 4.78 is 5.28. The Morgan fingerprint density at radius 1 is 0.980 bits per heavy atom. The van der Waals surface area contributed by atoms with Gasteiger partial charge in [-0.3, -0.25) is 19.3 Å². The maximum Gasteiger partial charge on any atom is 0.407 e. The van der Waals surface area contributed by atoms with Gasteiger partial charge < -0.3 is 30.7 Å². The normalized spacial score (nSPS) is 15.4. The number of fused-ring (bicyclic) bond motifs is 1. The summed E-state index contributed by atoms with van der Waals surface area (Å²) in [6, 6.07) is 20.8. The number of rotatable bonds is 17. The summed E-state index contributed by atoms with van der Waals surface area (Å²) in [5.74, 6) is -1.68. The average molecular weight is 692 g/mol. The van der Waals surface area contributed by atoms with Crippen LogP contribution in [0.15, 0.2) is 72.8 Å². The summed E-state index contributed by atoms with van der Waals surface area (Å²) in [6.07, 6.45) is 2.86. The predicted molar refractivity (Wildman–Crippen MR) is 189 cm³/mol. The van der Waals surface area contributed by atoms with E-state index < -0.39 is 36.0 Å². The Labute approximate surface area is 290 Å². The summed E-state index contributed by atoms with van der Waals surface area (Å²) in [7, 11) is 0. The van der Waals surface area contributed by atoms with Crippen LogP contribution in [0.25, 0.3) is 10.8 Å². The summed E-state index contributed by atoms with van der Waals surface area (Å²) >= 11 is 1.51. The first-order valence-electron chi connectivity index (χ1n) is 16.4. The van der Waals surface area contributed by atoms with Crippen LogP contribution < -0.4 is 16.0 Å². The van der Waals surface area contributed by atoms with Gasteiger partial charge in [-0.05, 0) is 53.2 Å². The topological polar surface area (TPSA) is 157 Å². The molecule has 4 rings (SSSR count). The second-order valence-electron chi connectivity index (χ2n) is 12.1. The van der Waals surface area contributed by atoms with Gasteiger partial charge in [0.2, 0.25) is 17.7 Å². The first kappa shape index (κ1) is 37.2. The van der Waals surface area contributed by atoms with E-state index in [4.69, 9.17) is 4.74 Å². The smallest absolute Gasteiger partial charge is 0.407 e. The van der Waals surface area contributed by atoms with Gasteiger partial charge >= 0.3 is 12.1 Å². The van der Waals surface area contributed by atoms with Gasteiger partial charge in [0.25, 0.3) is 0 Å². The van der Waals surface area contributed by atoms with E-state index in [0.29, 0.717) is 38.2 Å². The van der Waals surface area contributed by atoms with Crippen LogP contribution in [0, 0.1) is 0 Å². The van der Waals surface area contributed by atoms with Gasteiger partial charge in [-0.1, -0.05) is 72.8 Å². The third kappa shape index (κ3) is 11.5. The Hall–Kier alpha value is -4.62. The zero-order valence-electron chi connectivity index (χ0n) is 27.9.